The molecule has 0 aromatic heterocycles. The van der Waals surface area contributed by atoms with Crippen molar-refractivity contribution in [3.05, 3.63) is 0 Å². The lowest BCUT2D eigenvalue weighted by Gasteiger charge is -2.54. The molecule has 0 aromatic carbocycles. The van der Waals surface area contributed by atoms with Gasteiger partial charge in [0.2, 0.25) is 0 Å². The van der Waals surface area contributed by atoms with E-state index in [4.69, 9.17) is 9.47 Å². The van der Waals surface area contributed by atoms with Crippen LogP contribution in [0.2, 0.25) is 0 Å². The Morgan fingerprint density at radius 1 is 1.33 bits per heavy atom. The first-order chi connectivity index (χ1) is 8.85. The van der Waals surface area contributed by atoms with Gasteiger partial charge >= 0.3 is 0 Å². The number of rotatable bonds is 5. The highest BCUT2D eigenvalue weighted by atomic mass is 16.5. The molecular formula is C15H27NO2. The van der Waals surface area contributed by atoms with Gasteiger partial charge in [-0.3, -0.25) is 0 Å². The molecule has 1 spiro atoms. The van der Waals surface area contributed by atoms with Gasteiger partial charge in [-0.2, -0.15) is 0 Å². The third-order valence-electron chi connectivity index (χ3n) is 5.33. The van der Waals surface area contributed by atoms with Crippen molar-refractivity contribution < 1.29 is 9.47 Å². The minimum Gasteiger partial charge on any atom is -0.381 e. The molecule has 3 atom stereocenters. The van der Waals surface area contributed by atoms with Gasteiger partial charge in [0.25, 0.3) is 0 Å². The molecule has 1 saturated heterocycles. The van der Waals surface area contributed by atoms with Gasteiger partial charge in [0.05, 0.1) is 19.3 Å². The van der Waals surface area contributed by atoms with Gasteiger partial charge in [-0.05, 0) is 32.2 Å². The minimum atomic E-state index is 0.482. The van der Waals surface area contributed by atoms with E-state index in [2.05, 4.69) is 12.2 Å². The average Bonchev–Trinajstić information content (AvgIpc) is 3.03. The molecule has 18 heavy (non-hydrogen) atoms. The number of hydrogen-bond acceptors (Lipinski definition) is 3. The first-order valence-electron chi connectivity index (χ1n) is 7.78. The lowest BCUT2D eigenvalue weighted by atomic mass is 9.60. The van der Waals surface area contributed by atoms with Crippen LogP contribution in [0.15, 0.2) is 0 Å². The Morgan fingerprint density at radius 3 is 2.83 bits per heavy atom. The minimum absolute atomic E-state index is 0.482. The molecule has 3 fully saturated rings. The molecule has 0 bridgehead atoms. The van der Waals surface area contributed by atoms with Crippen LogP contribution in [0, 0.1) is 11.3 Å². The summed E-state index contributed by atoms with van der Waals surface area (Å²) in [4.78, 5) is 0. The van der Waals surface area contributed by atoms with Crippen LogP contribution in [0.3, 0.4) is 0 Å². The summed E-state index contributed by atoms with van der Waals surface area (Å²) >= 11 is 0. The maximum absolute atomic E-state index is 6.26. The Hall–Kier alpha value is -0.120. The van der Waals surface area contributed by atoms with Gasteiger partial charge in [0.1, 0.15) is 0 Å². The standard InChI is InChI=1S/C15H27NO2/c1-2-16-13-9-14(15(13)6-3-4-7-15)18-11-12-5-8-17-10-12/h12-14,16H,2-11H2,1H3. The van der Waals surface area contributed by atoms with Gasteiger partial charge in [-0.1, -0.05) is 19.8 Å². The Balaban J connectivity index is 1.52. The molecule has 1 heterocycles. The second-order valence-electron chi connectivity index (χ2n) is 6.34. The van der Waals surface area contributed by atoms with Crippen molar-refractivity contribution in [2.45, 2.75) is 57.6 Å². The third-order valence-corrected chi connectivity index (χ3v) is 5.33. The van der Waals surface area contributed by atoms with E-state index in [0.717, 1.165) is 32.4 Å². The van der Waals surface area contributed by atoms with E-state index in [1.54, 1.807) is 0 Å². The van der Waals surface area contributed by atoms with Crippen LogP contribution in [-0.4, -0.2) is 38.5 Å². The van der Waals surface area contributed by atoms with Crippen LogP contribution in [0.4, 0.5) is 0 Å². The molecule has 3 nitrogen and oxygen atoms in total. The largest absolute Gasteiger partial charge is 0.381 e. The molecule has 2 saturated carbocycles. The highest BCUT2D eigenvalue weighted by Crippen LogP contribution is 2.54. The fraction of sp³-hybridized carbons (Fsp3) is 1.00. The van der Waals surface area contributed by atoms with Crippen LogP contribution in [-0.2, 0) is 9.47 Å². The zero-order chi connectivity index (χ0) is 12.4. The highest BCUT2D eigenvalue weighted by molar-refractivity contribution is 5.09. The molecule has 1 aliphatic heterocycles. The van der Waals surface area contributed by atoms with Gasteiger partial charge in [-0.25, -0.2) is 0 Å². The van der Waals surface area contributed by atoms with Crippen LogP contribution in [0.1, 0.15) is 45.4 Å². The van der Waals surface area contributed by atoms with Crippen molar-refractivity contribution in [3.63, 3.8) is 0 Å². The molecule has 3 heteroatoms. The number of nitrogens with one attached hydrogen (secondary N) is 1. The van der Waals surface area contributed by atoms with E-state index in [-0.39, 0.29) is 0 Å². The number of ether oxygens (including phenoxy) is 2. The van der Waals surface area contributed by atoms with Crippen molar-refractivity contribution >= 4 is 0 Å². The summed E-state index contributed by atoms with van der Waals surface area (Å²) in [5.41, 5.74) is 0.482. The fourth-order valence-electron chi connectivity index (χ4n) is 4.19. The summed E-state index contributed by atoms with van der Waals surface area (Å²) < 4.78 is 11.7. The predicted molar refractivity (Wildman–Crippen MR) is 71.6 cm³/mol. The molecule has 0 radical (unpaired) electrons. The Labute approximate surface area is 111 Å². The molecule has 2 aliphatic carbocycles. The van der Waals surface area contributed by atoms with Crippen LogP contribution in [0.5, 0.6) is 0 Å². The summed E-state index contributed by atoms with van der Waals surface area (Å²) in [6.45, 7) is 6.08. The zero-order valence-electron chi connectivity index (χ0n) is 11.6. The topological polar surface area (TPSA) is 30.5 Å². The lowest BCUT2D eigenvalue weighted by molar-refractivity contribution is -0.140. The van der Waals surface area contributed by atoms with Gasteiger partial charge in [-0.15, -0.1) is 0 Å². The zero-order valence-corrected chi connectivity index (χ0v) is 11.6. The summed E-state index contributed by atoms with van der Waals surface area (Å²) in [6, 6.07) is 0.717. The average molecular weight is 253 g/mol. The Morgan fingerprint density at radius 2 is 2.17 bits per heavy atom. The maximum Gasteiger partial charge on any atom is 0.0661 e. The molecule has 3 rings (SSSR count). The van der Waals surface area contributed by atoms with Crippen LogP contribution in [0.25, 0.3) is 0 Å². The monoisotopic (exact) mass is 253 g/mol. The first-order valence-corrected chi connectivity index (χ1v) is 7.78. The second kappa shape index (κ2) is 5.48. The van der Waals surface area contributed by atoms with Crippen molar-refractivity contribution in [2.75, 3.05) is 26.4 Å². The van der Waals surface area contributed by atoms with Crippen LogP contribution < -0.4 is 5.32 Å². The fourth-order valence-corrected chi connectivity index (χ4v) is 4.19. The van der Waals surface area contributed by atoms with E-state index in [1.165, 1.54) is 38.5 Å². The predicted octanol–water partition coefficient (Wildman–Crippen LogP) is 2.35. The van der Waals surface area contributed by atoms with E-state index >= 15 is 0 Å². The van der Waals surface area contributed by atoms with E-state index in [1.807, 2.05) is 0 Å². The van der Waals surface area contributed by atoms with E-state index in [0.29, 0.717) is 17.4 Å². The smallest absolute Gasteiger partial charge is 0.0661 e. The Bertz CT molecular complexity index is 270. The van der Waals surface area contributed by atoms with Gasteiger partial charge < -0.3 is 14.8 Å². The summed E-state index contributed by atoms with van der Waals surface area (Å²) in [5, 5.41) is 3.67. The molecule has 0 aromatic rings. The summed E-state index contributed by atoms with van der Waals surface area (Å²) in [6.07, 6.45) is 8.47. The van der Waals surface area contributed by atoms with Crippen LogP contribution >= 0.6 is 0 Å². The molecule has 3 unspecified atom stereocenters. The van der Waals surface area contributed by atoms with Crippen molar-refractivity contribution in [2.24, 2.45) is 11.3 Å². The third kappa shape index (κ3) is 2.21. The molecule has 104 valence electrons. The normalized spacial score (nSPS) is 38.2. The van der Waals surface area contributed by atoms with Gasteiger partial charge in [0, 0.05) is 24.0 Å². The van der Waals surface area contributed by atoms with Crippen molar-refractivity contribution in [1.29, 1.82) is 0 Å². The maximum atomic E-state index is 6.26. The quantitative estimate of drug-likeness (QED) is 0.816. The number of hydrogen-bond donors (Lipinski definition) is 1. The summed E-state index contributed by atoms with van der Waals surface area (Å²) in [5.74, 6) is 0.654. The van der Waals surface area contributed by atoms with E-state index in [9.17, 15) is 0 Å². The highest BCUT2D eigenvalue weighted by Gasteiger charge is 2.56. The Kier molecular flexibility index (Phi) is 3.92. The van der Waals surface area contributed by atoms with E-state index < -0.39 is 0 Å². The molecule has 1 N–H and O–H groups in total. The van der Waals surface area contributed by atoms with Gasteiger partial charge in [0.15, 0.2) is 0 Å². The summed E-state index contributed by atoms with van der Waals surface area (Å²) in [7, 11) is 0. The van der Waals surface area contributed by atoms with Crippen molar-refractivity contribution in [3.8, 4) is 0 Å². The molecule has 3 aliphatic rings. The molecule has 0 amide bonds. The van der Waals surface area contributed by atoms with Crippen molar-refractivity contribution in [1.82, 2.24) is 5.32 Å². The SMILES string of the molecule is CCNC1CC(OCC2CCOC2)C12CCCC2. The lowest BCUT2D eigenvalue weighted by Crippen LogP contribution is -2.62. The second-order valence-corrected chi connectivity index (χ2v) is 6.34. The first kappa shape index (κ1) is 12.9. The molecular weight excluding hydrogens is 226 g/mol.